The van der Waals surface area contributed by atoms with Crippen LogP contribution in [-0.4, -0.2) is 51.0 Å². The molecule has 3 rings (SSSR count). The number of carbonyl (C=O) groups is 1. The topological polar surface area (TPSA) is 67.6 Å². The molecule has 1 atom stereocenters. The minimum atomic E-state index is -1.09. The molecule has 0 bridgehead atoms. The Hall–Kier alpha value is -2.05. The average Bonchev–Trinajstić information content (AvgIpc) is 3.11. The number of carbonyl (C=O) groups excluding carboxylic acids is 1. The highest BCUT2D eigenvalue weighted by Crippen LogP contribution is 2.26. The van der Waals surface area contributed by atoms with Crippen LogP contribution in [0.3, 0.4) is 0 Å². The maximum atomic E-state index is 13.1. The SMILES string of the molecule is CCn1nc(C(C)C)cc1C(=O)N1CCCC(O)(COc2cccc(Cl)c2)C1. The van der Waals surface area contributed by atoms with E-state index >= 15 is 0 Å². The molecule has 0 saturated carbocycles. The maximum absolute atomic E-state index is 13.1. The number of aryl methyl sites for hydroxylation is 1. The monoisotopic (exact) mass is 405 g/mol. The molecule has 1 saturated heterocycles. The first-order chi connectivity index (χ1) is 13.3. The number of halogens is 1. The molecule has 0 radical (unpaired) electrons. The van der Waals surface area contributed by atoms with Crippen LogP contribution in [0.2, 0.25) is 5.02 Å². The zero-order valence-corrected chi connectivity index (χ0v) is 17.4. The first-order valence-corrected chi connectivity index (χ1v) is 10.2. The van der Waals surface area contributed by atoms with Gasteiger partial charge in [0.2, 0.25) is 0 Å². The summed E-state index contributed by atoms with van der Waals surface area (Å²) in [5.74, 6) is 0.765. The van der Waals surface area contributed by atoms with Crippen molar-refractivity contribution in [3.05, 3.63) is 46.7 Å². The van der Waals surface area contributed by atoms with Crippen molar-refractivity contribution >= 4 is 17.5 Å². The van der Waals surface area contributed by atoms with Crippen molar-refractivity contribution in [3.8, 4) is 5.75 Å². The smallest absolute Gasteiger partial charge is 0.272 e. The first kappa shape index (κ1) is 20.7. The van der Waals surface area contributed by atoms with Crippen LogP contribution in [0.5, 0.6) is 5.75 Å². The lowest BCUT2D eigenvalue weighted by atomic mass is 9.93. The number of likely N-dealkylation sites (tertiary alicyclic amines) is 1. The van der Waals surface area contributed by atoms with E-state index in [4.69, 9.17) is 16.3 Å². The van der Waals surface area contributed by atoms with E-state index in [0.717, 1.165) is 12.1 Å². The molecule has 1 aromatic heterocycles. The van der Waals surface area contributed by atoms with Crippen LogP contribution in [0.25, 0.3) is 0 Å². The Morgan fingerprint density at radius 1 is 1.39 bits per heavy atom. The van der Waals surface area contributed by atoms with Gasteiger partial charge in [0.25, 0.3) is 5.91 Å². The Morgan fingerprint density at radius 2 is 2.18 bits per heavy atom. The standard InChI is InChI=1S/C21H28ClN3O3/c1-4-25-19(12-18(23-25)15(2)3)20(26)24-10-6-9-21(27,13-24)14-28-17-8-5-7-16(22)11-17/h5,7-8,11-12,15,27H,4,6,9-10,13-14H2,1-3H3. The minimum Gasteiger partial charge on any atom is -0.490 e. The lowest BCUT2D eigenvalue weighted by molar-refractivity contribution is -0.0534. The molecule has 28 heavy (non-hydrogen) atoms. The number of hydrogen-bond acceptors (Lipinski definition) is 4. The molecule has 6 nitrogen and oxygen atoms in total. The number of hydrogen-bond donors (Lipinski definition) is 1. The first-order valence-electron chi connectivity index (χ1n) is 9.79. The molecule has 0 spiro atoms. The Morgan fingerprint density at radius 3 is 2.86 bits per heavy atom. The van der Waals surface area contributed by atoms with Crippen LogP contribution in [0.15, 0.2) is 30.3 Å². The number of nitrogens with zero attached hydrogens (tertiary/aromatic N) is 3. The van der Waals surface area contributed by atoms with Crippen LogP contribution in [0, 0.1) is 0 Å². The third kappa shape index (κ3) is 4.67. The second kappa shape index (κ2) is 8.53. The summed E-state index contributed by atoms with van der Waals surface area (Å²) in [5.41, 5.74) is 0.390. The normalized spacial score (nSPS) is 19.9. The average molecular weight is 406 g/mol. The van der Waals surface area contributed by atoms with Crippen molar-refractivity contribution in [1.29, 1.82) is 0 Å². The van der Waals surface area contributed by atoms with Crippen LogP contribution in [0.4, 0.5) is 0 Å². The largest absolute Gasteiger partial charge is 0.490 e. The number of ether oxygens (including phenoxy) is 1. The zero-order valence-electron chi connectivity index (χ0n) is 16.7. The second-order valence-corrected chi connectivity index (χ2v) is 8.16. The van der Waals surface area contributed by atoms with E-state index in [9.17, 15) is 9.90 Å². The third-order valence-electron chi connectivity index (χ3n) is 5.06. The Balaban J connectivity index is 1.70. The number of rotatable bonds is 6. The fourth-order valence-electron chi connectivity index (χ4n) is 3.47. The quantitative estimate of drug-likeness (QED) is 0.795. The molecule has 0 aliphatic carbocycles. The minimum absolute atomic E-state index is 0.0952. The predicted octanol–water partition coefficient (Wildman–Crippen LogP) is 3.73. The second-order valence-electron chi connectivity index (χ2n) is 7.73. The number of benzene rings is 1. The van der Waals surface area contributed by atoms with Crippen molar-refractivity contribution in [3.63, 3.8) is 0 Å². The number of piperidine rings is 1. The molecule has 2 aromatic rings. The Labute approximate surface area is 171 Å². The fourth-order valence-corrected chi connectivity index (χ4v) is 3.65. The van der Waals surface area contributed by atoms with Gasteiger partial charge in [-0.1, -0.05) is 31.5 Å². The van der Waals surface area contributed by atoms with Crippen LogP contribution in [-0.2, 0) is 6.54 Å². The summed E-state index contributed by atoms with van der Waals surface area (Å²) in [4.78, 5) is 14.8. The molecule has 1 aromatic carbocycles. The Bertz CT molecular complexity index is 836. The summed E-state index contributed by atoms with van der Waals surface area (Å²) in [6.07, 6.45) is 1.31. The summed E-state index contributed by atoms with van der Waals surface area (Å²) in [6, 6.07) is 8.95. The molecule has 1 amide bonds. The van der Waals surface area contributed by atoms with Gasteiger partial charge in [-0.15, -0.1) is 0 Å². The van der Waals surface area contributed by atoms with Crippen LogP contribution in [0.1, 0.15) is 55.7 Å². The number of β-amino-alcohol motifs (C(OH)–C–C–N with tert-alkyl or cyclic N) is 1. The highest BCUT2D eigenvalue weighted by molar-refractivity contribution is 6.30. The summed E-state index contributed by atoms with van der Waals surface area (Å²) in [6.45, 7) is 7.68. The van der Waals surface area contributed by atoms with Crippen LogP contribution < -0.4 is 4.74 Å². The summed E-state index contributed by atoms with van der Waals surface area (Å²) < 4.78 is 7.50. The molecule has 1 aliphatic heterocycles. The van der Waals surface area contributed by atoms with Gasteiger partial charge in [-0.25, -0.2) is 0 Å². The van der Waals surface area contributed by atoms with E-state index in [1.54, 1.807) is 33.8 Å². The van der Waals surface area contributed by atoms with Crippen molar-refractivity contribution < 1.29 is 14.6 Å². The van der Waals surface area contributed by atoms with E-state index in [1.165, 1.54) is 0 Å². The van der Waals surface area contributed by atoms with Gasteiger partial charge >= 0.3 is 0 Å². The number of aliphatic hydroxyl groups is 1. The lowest BCUT2D eigenvalue weighted by Gasteiger charge is -2.38. The van der Waals surface area contributed by atoms with E-state index < -0.39 is 5.60 Å². The molecule has 1 aliphatic rings. The Kier molecular flexibility index (Phi) is 6.30. The van der Waals surface area contributed by atoms with E-state index in [2.05, 4.69) is 18.9 Å². The molecule has 1 N–H and O–H groups in total. The van der Waals surface area contributed by atoms with Crippen molar-refractivity contribution in [2.75, 3.05) is 19.7 Å². The summed E-state index contributed by atoms with van der Waals surface area (Å²) in [7, 11) is 0. The zero-order chi connectivity index (χ0) is 20.3. The third-order valence-corrected chi connectivity index (χ3v) is 5.29. The highest BCUT2D eigenvalue weighted by atomic mass is 35.5. The van der Waals surface area contributed by atoms with E-state index in [0.29, 0.717) is 36.0 Å². The van der Waals surface area contributed by atoms with Gasteiger partial charge in [0, 0.05) is 18.1 Å². The van der Waals surface area contributed by atoms with Crippen LogP contribution >= 0.6 is 11.6 Å². The molecule has 152 valence electrons. The molecule has 1 fully saturated rings. The highest BCUT2D eigenvalue weighted by Gasteiger charge is 2.37. The maximum Gasteiger partial charge on any atom is 0.272 e. The molecule has 7 heteroatoms. The summed E-state index contributed by atoms with van der Waals surface area (Å²) in [5, 5.41) is 16.1. The van der Waals surface area contributed by atoms with Gasteiger partial charge in [-0.2, -0.15) is 5.10 Å². The summed E-state index contributed by atoms with van der Waals surface area (Å²) >= 11 is 5.98. The van der Waals surface area contributed by atoms with Gasteiger partial charge in [-0.05, 0) is 49.9 Å². The van der Waals surface area contributed by atoms with Crippen molar-refractivity contribution in [2.45, 2.75) is 51.7 Å². The predicted molar refractivity (Wildman–Crippen MR) is 109 cm³/mol. The molecule has 2 heterocycles. The van der Waals surface area contributed by atoms with Gasteiger partial charge in [0.1, 0.15) is 23.7 Å². The number of aromatic nitrogens is 2. The van der Waals surface area contributed by atoms with Gasteiger partial charge in [0.05, 0.1) is 12.2 Å². The molecule has 1 unspecified atom stereocenters. The molecular weight excluding hydrogens is 378 g/mol. The van der Waals surface area contributed by atoms with Crippen molar-refractivity contribution in [1.82, 2.24) is 14.7 Å². The van der Waals surface area contributed by atoms with E-state index in [1.807, 2.05) is 13.0 Å². The van der Waals surface area contributed by atoms with Crippen molar-refractivity contribution in [2.24, 2.45) is 0 Å². The van der Waals surface area contributed by atoms with Gasteiger partial charge in [0.15, 0.2) is 0 Å². The molecular formula is C21H28ClN3O3. The lowest BCUT2D eigenvalue weighted by Crippen LogP contribution is -2.53. The van der Waals surface area contributed by atoms with Gasteiger partial charge in [-0.3, -0.25) is 9.48 Å². The fraction of sp³-hybridized carbons (Fsp3) is 0.524. The van der Waals surface area contributed by atoms with Gasteiger partial charge < -0.3 is 14.7 Å². The van der Waals surface area contributed by atoms with E-state index in [-0.39, 0.29) is 25.0 Å². The number of amides is 1.